The number of nitrogens with zero attached hydrogens (tertiary/aromatic N) is 2. The molecule has 5 nitrogen and oxygen atoms in total. The molecule has 0 bridgehead atoms. The van der Waals surface area contributed by atoms with Crippen molar-refractivity contribution in [2.45, 2.75) is 24.6 Å². The van der Waals surface area contributed by atoms with Gasteiger partial charge in [-0.3, -0.25) is 0 Å². The van der Waals surface area contributed by atoms with E-state index in [1.165, 1.54) is 6.07 Å². The van der Waals surface area contributed by atoms with E-state index in [2.05, 4.69) is 4.85 Å². The summed E-state index contributed by atoms with van der Waals surface area (Å²) >= 11 is 0. The van der Waals surface area contributed by atoms with Gasteiger partial charge in [-0.05, 0) is 12.1 Å². The first-order valence-electron chi connectivity index (χ1n) is 6.47. The zero-order valence-corrected chi connectivity index (χ0v) is 11.4. The lowest BCUT2D eigenvalue weighted by Gasteiger charge is -2.37. The van der Waals surface area contributed by atoms with E-state index in [-0.39, 0.29) is 31.6 Å². The van der Waals surface area contributed by atoms with Crippen LogP contribution in [0.15, 0.2) is 18.2 Å². The molecule has 1 saturated heterocycles. The SMILES string of the molecule is [C-]#[N+]c1ccc(N2CCC(O)(C(=O)O)CC2)cc1C(F)(F)F. The van der Waals surface area contributed by atoms with Crippen LogP contribution in [0.25, 0.3) is 4.85 Å². The fourth-order valence-electron chi connectivity index (χ4n) is 2.39. The number of aliphatic hydroxyl groups is 1. The minimum absolute atomic E-state index is 0.0751. The Kier molecular flexibility index (Phi) is 4.02. The van der Waals surface area contributed by atoms with E-state index in [9.17, 15) is 23.1 Å². The summed E-state index contributed by atoms with van der Waals surface area (Å²) in [6, 6.07) is 3.38. The van der Waals surface area contributed by atoms with Crippen molar-refractivity contribution in [1.82, 2.24) is 0 Å². The summed E-state index contributed by atoms with van der Waals surface area (Å²) in [7, 11) is 0. The van der Waals surface area contributed by atoms with Gasteiger partial charge in [-0.25, -0.2) is 9.64 Å². The molecule has 0 aliphatic carbocycles. The lowest BCUT2D eigenvalue weighted by Crippen LogP contribution is -2.49. The zero-order valence-electron chi connectivity index (χ0n) is 11.4. The maximum Gasteiger partial charge on any atom is 0.407 e. The Morgan fingerprint density at radius 3 is 2.36 bits per heavy atom. The van der Waals surface area contributed by atoms with Crippen molar-refractivity contribution in [2.75, 3.05) is 18.0 Å². The van der Waals surface area contributed by atoms with Crippen molar-refractivity contribution in [3.05, 3.63) is 35.2 Å². The largest absolute Gasteiger partial charge is 0.479 e. The molecular weight excluding hydrogens is 301 g/mol. The van der Waals surface area contributed by atoms with Crippen molar-refractivity contribution >= 4 is 17.3 Å². The third-order valence-corrected chi connectivity index (χ3v) is 3.76. The van der Waals surface area contributed by atoms with Crippen molar-refractivity contribution in [2.24, 2.45) is 0 Å². The maximum atomic E-state index is 12.9. The van der Waals surface area contributed by atoms with E-state index in [1.807, 2.05) is 0 Å². The number of alkyl halides is 3. The second-order valence-electron chi connectivity index (χ2n) is 5.13. The van der Waals surface area contributed by atoms with Crippen LogP contribution >= 0.6 is 0 Å². The van der Waals surface area contributed by atoms with E-state index >= 15 is 0 Å². The first kappa shape index (κ1) is 16.1. The highest BCUT2D eigenvalue weighted by atomic mass is 19.4. The Hall–Kier alpha value is -2.27. The molecule has 1 aliphatic heterocycles. The van der Waals surface area contributed by atoms with Crippen LogP contribution in [0.2, 0.25) is 0 Å². The minimum atomic E-state index is -4.63. The molecule has 0 radical (unpaired) electrons. The van der Waals surface area contributed by atoms with Gasteiger partial charge in [-0.2, -0.15) is 13.2 Å². The normalized spacial score (nSPS) is 17.9. The van der Waals surface area contributed by atoms with Crippen LogP contribution in [0.4, 0.5) is 24.5 Å². The van der Waals surface area contributed by atoms with Crippen LogP contribution in [-0.4, -0.2) is 34.9 Å². The third kappa shape index (κ3) is 2.99. The second kappa shape index (κ2) is 5.50. The molecule has 1 aromatic rings. The van der Waals surface area contributed by atoms with Gasteiger partial charge >= 0.3 is 12.1 Å². The Labute approximate surface area is 124 Å². The number of piperidine rings is 1. The number of carbonyl (C=O) groups is 1. The molecule has 0 unspecified atom stereocenters. The molecule has 0 saturated carbocycles. The van der Waals surface area contributed by atoms with Gasteiger partial charge in [-0.15, -0.1) is 0 Å². The van der Waals surface area contributed by atoms with Gasteiger partial charge in [0.2, 0.25) is 0 Å². The zero-order chi connectivity index (χ0) is 16.5. The number of hydrogen-bond acceptors (Lipinski definition) is 3. The summed E-state index contributed by atoms with van der Waals surface area (Å²) < 4.78 is 38.8. The summed E-state index contributed by atoms with van der Waals surface area (Å²) in [5, 5.41) is 18.8. The van der Waals surface area contributed by atoms with Gasteiger partial charge in [0.25, 0.3) is 0 Å². The predicted octanol–water partition coefficient (Wildman–Crippen LogP) is 2.67. The first-order chi connectivity index (χ1) is 10.2. The summed E-state index contributed by atoms with van der Waals surface area (Å²) in [5.41, 5.74) is -3.07. The molecule has 118 valence electrons. The standard InChI is InChI=1S/C14H13F3N2O3/c1-18-11-3-2-9(8-10(11)14(15,16)17)19-6-4-13(22,5-7-19)12(20)21/h2-3,8,22H,4-7H2,(H,20,21). The molecule has 8 heteroatoms. The monoisotopic (exact) mass is 314 g/mol. The quantitative estimate of drug-likeness (QED) is 0.824. The highest BCUT2D eigenvalue weighted by molar-refractivity contribution is 5.77. The maximum absolute atomic E-state index is 12.9. The first-order valence-corrected chi connectivity index (χ1v) is 6.47. The molecule has 0 atom stereocenters. The molecule has 0 amide bonds. The molecule has 1 heterocycles. The average Bonchev–Trinajstić information content (AvgIpc) is 2.46. The van der Waals surface area contributed by atoms with Gasteiger partial charge in [0, 0.05) is 31.6 Å². The Bertz CT molecular complexity index is 629. The van der Waals surface area contributed by atoms with Crippen LogP contribution in [0.1, 0.15) is 18.4 Å². The molecular formula is C14H13F3N2O3. The van der Waals surface area contributed by atoms with Crippen molar-refractivity contribution in [3.63, 3.8) is 0 Å². The number of hydrogen-bond donors (Lipinski definition) is 2. The van der Waals surface area contributed by atoms with Gasteiger partial charge in [-0.1, -0.05) is 6.07 Å². The number of carboxylic acid groups (broad SMARTS) is 1. The van der Waals surface area contributed by atoms with E-state index in [4.69, 9.17) is 11.7 Å². The number of carboxylic acids is 1. The minimum Gasteiger partial charge on any atom is -0.479 e. The van der Waals surface area contributed by atoms with E-state index in [0.717, 1.165) is 12.1 Å². The average molecular weight is 314 g/mol. The molecule has 1 aliphatic rings. The predicted molar refractivity (Wildman–Crippen MR) is 71.7 cm³/mol. The van der Waals surface area contributed by atoms with Crippen molar-refractivity contribution < 1.29 is 28.2 Å². The van der Waals surface area contributed by atoms with E-state index in [1.54, 1.807) is 4.90 Å². The third-order valence-electron chi connectivity index (χ3n) is 3.76. The smallest absolute Gasteiger partial charge is 0.407 e. The van der Waals surface area contributed by atoms with Crippen LogP contribution in [0.3, 0.4) is 0 Å². The van der Waals surface area contributed by atoms with Crippen LogP contribution in [0.5, 0.6) is 0 Å². The number of aliphatic carboxylic acids is 1. The molecule has 0 spiro atoms. The Morgan fingerprint density at radius 2 is 1.91 bits per heavy atom. The van der Waals surface area contributed by atoms with Crippen LogP contribution < -0.4 is 4.90 Å². The van der Waals surface area contributed by atoms with E-state index in [0.29, 0.717) is 0 Å². The van der Waals surface area contributed by atoms with E-state index < -0.39 is 29.0 Å². The summed E-state index contributed by atoms with van der Waals surface area (Å²) in [6.45, 7) is 7.04. The lowest BCUT2D eigenvalue weighted by molar-refractivity contribution is -0.160. The number of benzene rings is 1. The van der Waals surface area contributed by atoms with Crippen molar-refractivity contribution in [3.8, 4) is 0 Å². The van der Waals surface area contributed by atoms with Gasteiger partial charge in [0.1, 0.15) is 0 Å². The van der Waals surface area contributed by atoms with Gasteiger partial charge in [0.15, 0.2) is 11.3 Å². The lowest BCUT2D eigenvalue weighted by atomic mass is 9.91. The van der Waals surface area contributed by atoms with Crippen molar-refractivity contribution in [1.29, 1.82) is 0 Å². The number of rotatable bonds is 2. The summed E-state index contributed by atoms with van der Waals surface area (Å²) in [4.78, 5) is 15.4. The fourth-order valence-corrected chi connectivity index (χ4v) is 2.39. The topological polar surface area (TPSA) is 65.1 Å². The van der Waals surface area contributed by atoms with Crippen LogP contribution in [-0.2, 0) is 11.0 Å². The number of halogens is 3. The molecule has 1 fully saturated rings. The fraction of sp³-hybridized carbons (Fsp3) is 0.429. The highest BCUT2D eigenvalue weighted by Crippen LogP contribution is 2.39. The molecule has 22 heavy (non-hydrogen) atoms. The van der Waals surface area contributed by atoms with Gasteiger partial charge < -0.3 is 15.1 Å². The van der Waals surface area contributed by atoms with Crippen LogP contribution in [0, 0.1) is 6.57 Å². The molecule has 2 N–H and O–H groups in total. The highest BCUT2D eigenvalue weighted by Gasteiger charge is 2.40. The Balaban J connectivity index is 2.25. The molecule has 2 rings (SSSR count). The Morgan fingerprint density at radius 1 is 1.32 bits per heavy atom. The summed E-state index contributed by atoms with van der Waals surface area (Å²) in [6.07, 6.45) is -4.78. The second-order valence-corrected chi connectivity index (χ2v) is 5.13. The molecule has 0 aromatic heterocycles. The van der Waals surface area contributed by atoms with Gasteiger partial charge in [0.05, 0.1) is 12.1 Å². The summed E-state index contributed by atoms with van der Waals surface area (Å²) in [5.74, 6) is -1.33. The molecule has 1 aromatic carbocycles. The number of anilines is 1.